The van der Waals surface area contributed by atoms with Crippen molar-refractivity contribution in [1.82, 2.24) is 14.8 Å². The molecule has 1 fully saturated rings. The molecule has 0 radical (unpaired) electrons. The van der Waals surface area contributed by atoms with Gasteiger partial charge in [0, 0.05) is 24.5 Å². The lowest BCUT2D eigenvalue weighted by Crippen LogP contribution is -2.14. The highest BCUT2D eigenvalue weighted by Crippen LogP contribution is 2.29. The van der Waals surface area contributed by atoms with Gasteiger partial charge in [-0.1, -0.05) is 30.3 Å². The number of hydrogen-bond acceptors (Lipinski definition) is 4. The first-order valence-electron chi connectivity index (χ1n) is 6.92. The highest BCUT2D eigenvalue weighted by atomic mass is 32.2. The van der Waals surface area contributed by atoms with E-state index in [2.05, 4.69) is 33.8 Å². The van der Waals surface area contributed by atoms with Gasteiger partial charge in [0.05, 0.1) is 11.9 Å². The normalized spacial score (nSPS) is 22.3. The first kappa shape index (κ1) is 13.6. The van der Waals surface area contributed by atoms with Gasteiger partial charge in [-0.15, -0.1) is 22.0 Å². The Bertz CT molecular complexity index is 570. The van der Waals surface area contributed by atoms with Crippen LogP contribution in [-0.2, 0) is 17.5 Å². The number of hydrogen-bond donors (Lipinski definition) is 0. The van der Waals surface area contributed by atoms with E-state index in [1.165, 1.54) is 0 Å². The van der Waals surface area contributed by atoms with Gasteiger partial charge in [-0.3, -0.25) is 0 Å². The van der Waals surface area contributed by atoms with Crippen LogP contribution in [0, 0.1) is 0 Å². The molecule has 0 aliphatic carbocycles. The van der Waals surface area contributed by atoms with E-state index in [1.807, 2.05) is 37.0 Å². The Balaban J connectivity index is 1.71. The first-order chi connectivity index (χ1) is 9.75. The van der Waals surface area contributed by atoms with Gasteiger partial charge >= 0.3 is 0 Å². The molecular weight excluding hydrogens is 270 g/mol. The molecule has 2 atom stereocenters. The Morgan fingerprint density at radius 3 is 2.80 bits per heavy atom. The van der Waals surface area contributed by atoms with Gasteiger partial charge in [-0.05, 0) is 13.3 Å². The number of ether oxygens (including phenoxy) is 1. The Kier molecular flexibility index (Phi) is 4.08. The fourth-order valence-corrected chi connectivity index (χ4v) is 3.67. The molecule has 106 valence electrons. The number of aromatic nitrogens is 3. The molecule has 4 nitrogen and oxygen atoms in total. The number of rotatable bonds is 4. The van der Waals surface area contributed by atoms with Crippen molar-refractivity contribution in [2.75, 3.05) is 6.61 Å². The number of benzene rings is 1. The Morgan fingerprint density at radius 2 is 2.10 bits per heavy atom. The van der Waals surface area contributed by atoms with E-state index in [-0.39, 0.29) is 0 Å². The van der Waals surface area contributed by atoms with Gasteiger partial charge in [0.1, 0.15) is 5.82 Å². The molecule has 1 aliphatic heterocycles. The SMILES string of the molecule is C[C@@H]1OCC[C@@H]1SCc1nnc(-c2ccccc2)n1C. The van der Waals surface area contributed by atoms with Crippen LogP contribution in [0.3, 0.4) is 0 Å². The summed E-state index contributed by atoms with van der Waals surface area (Å²) in [4.78, 5) is 0. The largest absolute Gasteiger partial charge is 0.377 e. The summed E-state index contributed by atoms with van der Waals surface area (Å²) in [5.74, 6) is 2.83. The summed E-state index contributed by atoms with van der Waals surface area (Å²) >= 11 is 1.92. The second-order valence-electron chi connectivity index (χ2n) is 5.08. The third-order valence-corrected chi connectivity index (χ3v) is 5.20. The van der Waals surface area contributed by atoms with Gasteiger partial charge in [-0.2, -0.15) is 0 Å². The molecule has 20 heavy (non-hydrogen) atoms. The second kappa shape index (κ2) is 5.97. The molecule has 0 saturated carbocycles. The summed E-state index contributed by atoms with van der Waals surface area (Å²) in [5.41, 5.74) is 1.11. The summed E-state index contributed by atoms with van der Waals surface area (Å²) in [6.45, 7) is 3.03. The van der Waals surface area contributed by atoms with Crippen LogP contribution >= 0.6 is 11.8 Å². The van der Waals surface area contributed by atoms with Crippen LogP contribution in [0.1, 0.15) is 19.2 Å². The van der Waals surface area contributed by atoms with Crippen molar-refractivity contribution in [3.05, 3.63) is 36.2 Å². The topological polar surface area (TPSA) is 39.9 Å². The monoisotopic (exact) mass is 289 g/mol. The molecule has 1 aromatic heterocycles. The van der Waals surface area contributed by atoms with Gasteiger partial charge in [0.25, 0.3) is 0 Å². The van der Waals surface area contributed by atoms with Crippen molar-refractivity contribution in [1.29, 1.82) is 0 Å². The van der Waals surface area contributed by atoms with Crippen molar-refractivity contribution in [2.24, 2.45) is 7.05 Å². The maximum atomic E-state index is 5.59. The Hall–Kier alpha value is -1.33. The summed E-state index contributed by atoms with van der Waals surface area (Å²) in [5, 5.41) is 9.22. The van der Waals surface area contributed by atoms with Gasteiger partial charge < -0.3 is 9.30 Å². The predicted molar refractivity (Wildman–Crippen MR) is 81.6 cm³/mol. The molecule has 5 heteroatoms. The van der Waals surface area contributed by atoms with E-state index in [1.54, 1.807) is 0 Å². The van der Waals surface area contributed by atoms with E-state index < -0.39 is 0 Å². The van der Waals surface area contributed by atoms with Crippen molar-refractivity contribution < 1.29 is 4.74 Å². The van der Waals surface area contributed by atoms with Crippen LogP contribution in [-0.4, -0.2) is 32.7 Å². The highest BCUT2D eigenvalue weighted by molar-refractivity contribution is 7.99. The molecule has 2 aromatic rings. The minimum Gasteiger partial charge on any atom is -0.377 e. The third kappa shape index (κ3) is 2.74. The molecule has 0 bridgehead atoms. The lowest BCUT2D eigenvalue weighted by atomic mass is 10.2. The van der Waals surface area contributed by atoms with E-state index in [0.717, 1.165) is 36.0 Å². The van der Waals surface area contributed by atoms with E-state index in [0.29, 0.717) is 11.4 Å². The maximum Gasteiger partial charge on any atom is 0.163 e. The molecule has 1 aromatic carbocycles. The van der Waals surface area contributed by atoms with Gasteiger partial charge in [0.15, 0.2) is 5.82 Å². The summed E-state index contributed by atoms with van der Waals surface area (Å²) in [6.07, 6.45) is 1.48. The van der Waals surface area contributed by atoms with Crippen LogP contribution in [0.5, 0.6) is 0 Å². The first-order valence-corrected chi connectivity index (χ1v) is 7.97. The number of thioether (sulfide) groups is 1. The van der Waals surface area contributed by atoms with Crippen LogP contribution < -0.4 is 0 Å². The second-order valence-corrected chi connectivity index (χ2v) is 6.31. The van der Waals surface area contributed by atoms with Gasteiger partial charge in [-0.25, -0.2) is 0 Å². The zero-order chi connectivity index (χ0) is 13.9. The van der Waals surface area contributed by atoms with Crippen molar-refractivity contribution in [3.8, 4) is 11.4 Å². The maximum absolute atomic E-state index is 5.59. The zero-order valence-corrected chi connectivity index (χ0v) is 12.6. The Labute approximate surface area is 123 Å². The van der Waals surface area contributed by atoms with E-state index in [9.17, 15) is 0 Å². The average Bonchev–Trinajstić information content (AvgIpc) is 3.04. The highest BCUT2D eigenvalue weighted by Gasteiger charge is 2.25. The van der Waals surface area contributed by atoms with E-state index >= 15 is 0 Å². The van der Waals surface area contributed by atoms with Crippen LogP contribution in [0.2, 0.25) is 0 Å². The summed E-state index contributed by atoms with van der Waals surface area (Å²) in [7, 11) is 2.03. The van der Waals surface area contributed by atoms with Crippen molar-refractivity contribution >= 4 is 11.8 Å². The molecule has 0 unspecified atom stereocenters. The minimum atomic E-state index is 0.349. The molecular formula is C15H19N3OS. The molecule has 1 saturated heterocycles. The molecule has 0 N–H and O–H groups in total. The fraction of sp³-hybridized carbons (Fsp3) is 0.467. The molecule has 3 rings (SSSR count). The third-order valence-electron chi connectivity index (χ3n) is 3.73. The van der Waals surface area contributed by atoms with Crippen molar-refractivity contribution in [2.45, 2.75) is 30.5 Å². The fourth-order valence-electron chi connectivity index (χ4n) is 2.44. The van der Waals surface area contributed by atoms with Crippen LogP contribution in [0.15, 0.2) is 30.3 Å². The Morgan fingerprint density at radius 1 is 1.30 bits per heavy atom. The zero-order valence-electron chi connectivity index (χ0n) is 11.8. The summed E-state index contributed by atoms with van der Waals surface area (Å²) < 4.78 is 7.68. The quantitative estimate of drug-likeness (QED) is 0.867. The lowest BCUT2D eigenvalue weighted by Gasteiger charge is -2.13. The van der Waals surface area contributed by atoms with E-state index in [4.69, 9.17) is 4.74 Å². The number of nitrogens with zero attached hydrogens (tertiary/aromatic N) is 3. The summed E-state index contributed by atoms with van der Waals surface area (Å²) in [6, 6.07) is 10.2. The lowest BCUT2D eigenvalue weighted by molar-refractivity contribution is 0.127. The predicted octanol–water partition coefficient (Wildman–Crippen LogP) is 2.89. The minimum absolute atomic E-state index is 0.349. The smallest absolute Gasteiger partial charge is 0.163 e. The standard InChI is InChI=1S/C15H19N3OS/c1-11-13(8-9-19-11)20-10-14-16-17-15(18(14)2)12-6-4-3-5-7-12/h3-7,11,13H,8-10H2,1-2H3/t11-,13-/m0/s1. The van der Waals surface area contributed by atoms with Gasteiger partial charge in [0.2, 0.25) is 0 Å². The molecule has 0 amide bonds. The van der Waals surface area contributed by atoms with Crippen LogP contribution in [0.4, 0.5) is 0 Å². The molecule has 2 heterocycles. The average molecular weight is 289 g/mol. The van der Waals surface area contributed by atoms with Crippen LogP contribution in [0.25, 0.3) is 11.4 Å². The molecule has 0 spiro atoms. The van der Waals surface area contributed by atoms with Crippen molar-refractivity contribution in [3.63, 3.8) is 0 Å². The molecule has 1 aliphatic rings.